The monoisotopic (exact) mass is 322 g/mol. The van der Waals surface area contributed by atoms with Crippen LogP contribution in [0.4, 0.5) is 0 Å². The SMILES string of the molecule is O=C(O)c1cn2cc(-c3ccccc3Br)nc2s1. The molecule has 1 aromatic carbocycles. The van der Waals surface area contributed by atoms with E-state index < -0.39 is 5.97 Å². The fraction of sp³-hybridized carbons (Fsp3) is 0. The van der Waals surface area contributed by atoms with E-state index in [2.05, 4.69) is 20.9 Å². The Morgan fingerprint density at radius 2 is 2.11 bits per heavy atom. The molecule has 1 N–H and O–H groups in total. The zero-order chi connectivity index (χ0) is 12.7. The van der Waals surface area contributed by atoms with Crippen LogP contribution in [0, 0.1) is 0 Å². The van der Waals surface area contributed by atoms with E-state index in [1.54, 1.807) is 10.6 Å². The second-order valence-electron chi connectivity index (χ2n) is 3.70. The fourth-order valence-corrected chi connectivity index (χ4v) is 2.99. The molecule has 18 heavy (non-hydrogen) atoms. The smallest absolute Gasteiger partial charge is 0.347 e. The number of aromatic carboxylic acids is 1. The number of aromatic nitrogens is 2. The summed E-state index contributed by atoms with van der Waals surface area (Å²) in [5, 5.41) is 8.90. The zero-order valence-electron chi connectivity index (χ0n) is 9.00. The molecule has 0 aliphatic heterocycles. The number of rotatable bonds is 2. The third-order valence-corrected chi connectivity index (χ3v) is 4.19. The first kappa shape index (κ1) is 11.4. The van der Waals surface area contributed by atoms with Crippen molar-refractivity contribution < 1.29 is 9.90 Å². The van der Waals surface area contributed by atoms with Crippen molar-refractivity contribution in [1.29, 1.82) is 0 Å². The highest BCUT2D eigenvalue weighted by Gasteiger charge is 2.13. The van der Waals surface area contributed by atoms with Crippen LogP contribution in [-0.2, 0) is 0 Å². The molecule has 0 amide bonds. The summed E-state index contributed by atoms with van der Waals surface area (Å²) in [6.45, 7) is 0. The molecule has 2 aromatic heterocycles. The van der Waals surface area contributed by atoms with Crippen LogP contribution in [0.25, 0.3) is 16.2 Å². The third-order valence-electron chi connectivity index (χ3n) is 2.52. The van der Waals surface area contributed by atoms with Crippen LogP contribution in [0.1, 0.15) is 9.67 Å². The van der Waals surface area contributed by atoms with Crippen LogP contribution in [0.2, 0.25) is 0 Å². The summed E-state index contributed by atoms with van der Waals surface area (Å²) in [7, 11) is 0. The Morgan fingerprint density at radius 1 is 1.33 bits per heavy atom. The minimum atomic E-state index is -0.923. The molecule has 0 saturated carbocycles. The first-order valence-electron chi connectivity index (χ1n) is 5.12. The first-order chi connectivity index (χ1) is 8.65. The van der Waals surface area contributed by atoms with E-state index in [-0.39, 0.29) is 4.88 Å². The topological polar surface area (TPSA) is 54.6 Å². The lowest BCUT2D eigenvalue weighted by molar-refractivity contribution is 0.0702. The van der Waals surface area contributed by atoms with E-state index in [9.17, 15) is 4.79 Å². The second kappa shape index (κ2) is 4.22. The van der Waals surface area contributed by atoms with Crippen molar-refractivity contribution in [1.82, 2.24) is 9.38 Å². The van der Waals surface area contributed by atoms with Crippen molar-refractivity contribution in [2.45, 2.75) is 0 Å². The minimum absolute atomic E-state index is 0.288. The summed E-state index contributed by atoms with van der Waals surface area (Å²) >= 11 is 4.64. The Hall–Kier alpha value is -1.66. The standard InChI is InChI=1S/C12H7BrN2O2S/c13-8-4-2-1-3-7(8)9-5-15-6-10(11(16)17)18-12(15)14-9/h1-6H,(H,16,17). The van der Waals surface area contributed by atoms with Crippen molar-refractivity contribution in [2.75, 3.05) is 0 Å². The average molecular weight is 323 g/mol. The van der Waals surface area contributed by atoms with Gasteiger partial charge in [-0.2, -0.15) is 0 Å². The van der Waals surface area contributed by atoms with E-state index in [0.29, 0.717) is 4.96 Å². The van der Waals surface area contributed by atoms with Gasteiger partial charge in [-0.05, 0) is 6.07 Å². The first-order valence-corrected chi connectivity index (χ1v) is 6.73. The molecule has 3 rings (SSSR count). The number of hydrogen-bond donors (Lipinski definition) is 1. The van der Waals surface area contributed by atoms with Gasteiger partial charge in [-0.1, -0.05) is 45.5 Å². The van der Waals surface area contributed by atoms with Gasteiger partial charge in [0, 0.05) is 22.4 Å². The van der Waals surface area contributed by atoms with Gasteiger partial charge in [0.25, 0.3) is 0 Å². The quantitative estimate of drug-likeness (QED) is 0.785. The molecule has 90 valence electrons. The molecule has 0 aliphatic rings. The summed E-state index contributed by atoms with van der Waals surface area (Å²) in [5.41, 5.74) is 1.82. The molecule has 0 bridgehead atoms. The maximum absolute atomic E-state index is 10.8. The Balaban J connectivity index is 2.12. The molecule has 6 heteroatoms. The van der Waals surface area contributed by atoms with Gasteiger partial charge in [0.15, 0.2) is 4.96 Å². The number of carboxylic acids is 1. The second-order valence-corrected chi connectivity index (χ2v) is 5.56. The van der Waals surface area contributed by atoms with E-state index in [0.717, 1.165) is 27.1 Å². The highest BCUT2D eigenvalue weighted by atomic mass is 79.9. The highest BCUT2D eigenvalue weighted by Crippen LogP contribution is 2.29. The Kier molecular flexibility index (Phi) is 2.68. The molecule has 0 saturated heterocycles. The largest absolute Gasteiger partial charge is 0.477 e. The molecular weight excluding hydrogens is 316 g/mol. The number of carboxylic acid groups (broad SMARTS) is 1. The lowest BCUT2D eigenvalue weighted by Gasteiger charge is -1.98. The lowest BCUT2D eigenvalue weighted by atomic mass is 10.2. The molecule has 0 atom stereocenters. The fourth-order valence-electron chi connectivity index (χ4n) is 1.69. The van der Waals surface area contributed by atoms with Gasteiger partial charge in [0.05, 0.1) is 5.69 Å². The minimum Gasteiger partial charge on any atom is -0.477 e. The summed E-state index contributed by atoms with van der Waals surface area (Å²) < 4.78 is 2.71. The maximum Gasteiger partial charge on any atom is 0.347 e. The van der Waals surface area contributed by atoms with Gasteiger partial charge in [0.2, 0.25) is 0 Å². The number of thiazole rings is 1. The predicted octanol–water partition coefficient (Wildman–Crippen LogP) is 3.52. The van der Waals surface area contributed by atoms with Crippen molar-refractivity contribution in [2.24, 2.45) is 0 Å². The molecule has 0 spiro atoms. The van der Waals surface area contributed by atoms with Crippen molar-refractivity contribution >= 4 is 38.2 Å². The molecule has 3 aromatic rings. The molecule has 0 radical (unpaired) electrons. The molecular formula is C12H7BrN2O2S. The number of hydrogen-bond acceptors (Lipinski definition) is 3. The van der Waals surface area contributed by atoms with Gasteiger partial charge in [-0.3, -0.25) is 4.40 Å². The van der Waals surface area contributed by atoms with Crippen molar-refractivity contribution in [3.63, 3.8) is 0 Å². The van der Waals surface area contributed by atoms with Crippen LogP contribution in [-0.4, -0.2) is 20.5 Å². The molecule has 0 aliphatic carbocycles. The van der Waals surface area contributed by atoms with E-state index >= 15 is 0 Å². The van der Waals surface area contributed by atoms with Gasteiger partial charge in [-0.15, -0.1) is 0 Å². The van der Waals surface area contributed by atoms with E-state index in [4.69, 9.17) is 5.11 Å². The zero-order valence-corrected chi connectivity index (χ0v) is 11.4. The molecule has 2 heterocycles. The van der Waals surface area contributed by atoms with Gasteiger partial charge < -0.3 is 5.11 Å². The number of halogens is 1. The number of fused-ring (bicyclic) bond motifs is 1. The Labute approximate surface area is 115 Å². The predicted molar refractivity (Wildman–Crippen MR) is 73.2 cm³/mol. The number of benzene rings is 1. The summed E-state index contributed by atoms with van der Waals surface area (Å²) in [4.78, 5) is 16.2. The van der Waals surface area contributed by atoms with Crippen LogP contribution in [0.15, 0.2) is 41.1 Å². The Bertz CT molecular complexity index is 716. The molecule has 0 fully saturated rings. The molecule has 4 nitrogen and oxygen atoms in total. The van der Waals surface area contributed by atoms with Gasteiger partial charge in [0.1, 0.15) is 4.88 Å². The number of carbonyl (C=O) groups is 1. The van der Waals surface area contributed by atoms with Gasteiger partial charge >= 0.3 is 5.97 Å². The van der Waals surface area contributed by atoms with Crippen LogP contribution in [0.3, 0.4) is 0 Å². The highest BCUT2D eigenvalue weighted by molar-refractivity contribution is 9.10. The Morgan fingerprint density at radius 3 is 2.78 bits per heavy atom. The van der Waals surface area contributed by atoms with Crippen LogP contribution < -0.4 is 0 Å². The van der Waals surface area contributed by atoms with Crippen LogP contribution >= 0.6 is 27.3 Å². The van der Waals surface area contributed by atoms with Crippen molar-refractivity contribution in [3.8, 4) is 11.3 Å². The van der Waals surface area contributed by atoms with E-state index in [1.165, 1.54) is 0 Å². The van der Waals surface area contributed by atoms with Crippen molar-refractivity contribution in [3.05, 3.63) is 46.0 Å². The summed E-state index contributed by atoms with van der Waals surface area (Å²) in [5.74, 6) is -0.923. The molecule has 0 unspecified atom stereocenters. The third kappa shape index (κ3) is 1.83. The average Bonchev–Trinajstić information content (AvgIpc) is 2.87. The number of imidazole rings is 1. The number of nitrogens with zero attached hydrogens (tertiary/aromatic N) is 2. The van der Waals surface area contributed by atoms with Gasteiger partial charge in [-0.25, -0.2) is 9.78 Å². The summed E-state index contributed by atoms with van der Waals surface area (Å²) in [6, 6.07) is 7.80. The van der Waals surface area contributed by atoms with Crippen LogP contribution in [0.5, 0.6) is 0 Å². The lowest BCUT2D eigenvalue weighted by Crippen LogP contribution is -1.90. The normalized spacial score (nSPS) is 10.9. The maximum atomic E-state index is 10.8. The van der Waals surface area contributed by atoms with E-state index in [1.807, 2.05) is 30.5 Å². The summed E-state index contributed by atoms with van der Waals surface area (Å²) in [6.07, 6.45) is 3.41.